The van der Waals surface area contributed by atoms with E-state index in [0.29, 0.717) is 30.5 Å². The number of fused-ring (bicyclic) bond motifs is 1. The molecule has 6 heteroatoms. The molecule has 160 valence electrons. The highest BCUT2D eigenvalue weighted by Gasteiger charge is 2.37. The van der Waals surface area contributed by atoms with Crippen molar-refractivity contribution in [2.45, 2.75) is 26.2 Å². The molecule has 1 aromatic heterocycles. The van der Waals surface area contributed by atoms with Gasteiger partial charge in [0.05, 0.1) is 17.4 Å². The second-order valence-electron chi connectivity index (χ2n) is 8.77. The molecule has 1 atom stereocenters. The second kappa shape index (κ2) is 8.17. The number of carbonyl (C=O) groups is 2. The first-order chi connectivity index (χ1) is 15.1. The largest absolute Gasteiger partial charge is 0.345 e. The number of H-pyrrole nitrogens is 1. The molecule has 1 aliphatic heterocycles. The van der Waals surface area contributed by atoms with Gasteiger partial charge in [-0.2, -0.15) is 0 Å². The van der Waals surface area contributed by atoms with Crippen molar-refractivity contribution in [2.75, 3.05) is 26.2 Å². The molecular weight excluding hydrogens is 388 g/mol. The van der Waals surface area contributed by atoms with E-state index in [1.807, 2.05) is 53.1 Å². The van der Waals surface area contributed by atoms with Gasteiger partial charge in [-0.25, -0.2) is 4.98 Å². The van der Waals surface area contributed by atoms with Crippen LogP contribution in [0, 0.1) is 11.8 Å². The van der Waals surface area contributed by atoms with E-state index in [0.717, 1.165) is 54.5 Å². The normalized spacial score (nSPS) is 18.5. The molecule has 6 nitrogen and oxygen atoms in total. The molecule has 2 aliphatic rings. The summed E-state index contributed by atoms with van der Waals surface area (Å²) in [6.45, 7) is 5.02. The van der Waals surface area contributed by atoms with Gasteiger partial charge in [0.25, 0.3) is 5.91 Å². The predicted octanol–water partition coefficient (Wildman–Crippen LogP) is 3.95. The van der Waals surface area contributed by atoms with Gasteiger partial charge < -0.3 is 14.8 Å². The SMILES string of the molecule is CCN(CC1CCN(C(=O)C2CC2)C1)C(=O)c1ccc(-c2ccc3nc[nH]c3c2)cc1. The topological polar surface area (TPSA) is 69.3 Å². The van der Waals surface area contributed by atoms with Crippen molar-refractivity contribution < 1.29 is 9.59 Å². The molecular formula is C25H28N4O2. The van der Waals surface area contributed by atoms with Gasteiger partial charge in [-0.3, -0.25) is 9.59 Å². The zero-order chi connectivity index (χ0) is 21.4. The first-order valence-electron chi connectivity index (χ1n) is 11.2. The zero-order valence-electron chi connectivity index (χ0n) is 17.9. The van der Waals surface area contributed by atoms with Crippen molar-refractivity contribution in [3.05, 3.63) is 54.4 Å². The number of likely N-dealkylation sites (tertiary alicyclic amines) is 1. The minimum Gasteiger partial charge on any atom is -0.345 e. The average Bonchev–Trinajstić information content (AvgIpc) is 3.37. The number of aromatic amines is 1. The van der Waals surface area contributed by atoms with E-state index in [4.69, 9.17) is 0 Å². The van der Waals surface area contributed by atoms with Crippen LogP contribution in [0.5, 0.6) is 0 Å². The molecule has 31 heavy (non-hydrogen) atoms. The maximum absolute atomic E-state index is 13.1. The highest BCUT2D eigenvalue weighted by Crippen LogP contribution is 2.33. The summed E-state index contributed by atoms with van der Waals surface area (Å²) >= 11 is 0. The van der Waals surface area contributed by atoms with Crippen molar-refractivity contribution in [3.63, 3.8) is 0 Å². The van der Waals surface area contributed by atoms with E-state index in [2.05, 4.69) is 16.0 Å². The number of imidazole rings is 1. The molecule has 1 unspecified atom stereocenters. The van der Waals surface area contributed by atoms with Crippen molar-refractivity contribution >= 4 is 22.8 Å². The Morgan fingerprint density at radius 1 is 1.10 bits per heavy atom. The fourth-order valence-electron chi connectivity index (χ4n) is 4.54. The number of carbonyl (C=O) groups excluding carboxylic acids is 2. The minimum atomic E-state index is 0.0602. The Balaban J connectivity index is 1.24. The van der Waals surface area contributed by atoms with Crippen LogP contribution in [0.25, 0.3) is 22.2 Å². The quantitative estimate of drug-likeness (QED) is 0.662. The molecule has 2 heterocycles. The molecule has 1 N–H and O–H groups in total. The Hall–Kier alpha value is -3.15. The lowest BCUT2D eigenvalue weighted by atomic mass is 10.0. The smallest absolute Gasteiger partial charge is 0.253 e. The summed E-state index contributed by atoms with van der Waals surface area (Å²) in [4.78, 5) is 36.8. The number of hydrogen-bond donors (Lipinski definition) is 1. The van der Waals surface area contributed by atoms with Crippen LogP contribution < -0.4 is 0 Å². The van der Waals surface area contributed by atoms with E-state index in [1.165, 1.54) is 0 Å². The third-order valence-electron chi connectivity index (χ3n) is 6.56. The molecule has 1 aliphatic carbocycles. The van der Waals surface area contributed by atoms with Crippen molar-refractivity contribution in [2.24, 2.45) is 11.8 Å². The molecule has 1 saturated heterocycles. The van der Waals surface area contributed by atoms with E-state index >= 15 is 0 Å². The Morgan fingerprint density at radius 2 is 1.87 bits per heavy atom. The molecule has 0 spiro atoms. The number of nitrogens with zero attached hydrogens (tertiary/aromatic N) is 3. The Morgan fingerprint density at radius 3 is 2.61 bits per heavy atom. The van der Waals surface area contributed by atoms with Crippen molar-refractivity contribution in [1.29, 1.82) is 0 Å². The average molecular weight is 417 g/mol. The number of nitrogens with one attached hydrogen (secondary N) is 1. The van der Waals surface area contributed by atoms with Crippen LogP contribution in [-0.4, -0.2) is 57.8 Å². The summed E-state index contributed by atoms with van der Waals surface area (Å²) in [5, 5.41) is 0. The first kappa shape index (κ1) is 19.8. The van der Waals surface area contributed by atoms with Crippen LogP contribution in [0.3, 0.4) is 0 Å². The first-order valence-corrected chi connectivity index (χ1v) is 11.2. The van der Waals surface area contributed by atoms with Crippen molar-refractivity contribution in [1.82, 2.24) is 19.8 Å². The van der Waals surface area contributed by atoms with Crippen LogP contribution >= 0.6 is 0 Å². The lowest BCUT2D eigenvalue weighted by Crippen LogP contribution is -2.37. The summed E-state index contributed by atoms with van der Waals surface area (Å²) in [6.07, 6.45) is 4.77. The number of rotatable bonds is 6. The summed E-state index contributed by atoms with van der Waals surface area (Å²) < 4.78 is 0. The molecule has 3 aromatic rings. The molecule has 5 rings (SSSR count). The summed E-state index contributed by atoms with van der Waals surface area (Å²) in [6, 6.07) is 14.0. The molecule has 0 radical (unpaired) electrons. The van der Waals surface area contributed by atoms with Crippen LogP contribution in [-0.2, 0) is 4.79 Å². The van der Waals surface area contributed by atoms with Gasteiger partial charge in [-0.1, -0.05) is 18.2 Å². The highest BCUT2D eigenvalue weighted by atomic mass is 16.2. The highest BCUT2D eigenvalue weighted by molar-refractivity contribution is 5.95. The molecule has 2 fully saturated rings. The van der Waals surface area contributed by atoms with Gasteiger partial charge in [0.2, 0.25) is 5.91 Å². The summed E-state index contributed by atoms with van der Waals surface area (Å²) in [5.41, 5.74) is 4.81. The van der Waals surface area contributed by atoms with Gasteiger partial charge >= 0.3 is 0 Å². The second-order valence-corrected chi connectivity index (χ2v) is 8.77. The third kappa shape index (κ3) is 4.07. The minimum absolute atomic E-state index is 0.0602. The maximum Gasteiger partial charge on any atom is 0.253 e. The Bertz CT molecular complexity index is 1100. The van der Waals surface area contributed by atoms with E-state index in [9.17, 15) is 9.59 Å². The molecule has 2 amide bonds. The molecule has 0 bridgehead atoms. The van der Waals surface area contributed by atoms with Gasteiger partial charge in [-0.15, -0.1) is 0 Å². The van der Waals surface area contributed by atoms with E-state index < -0.39 is 0 Å². The van der Waals surface area contributed by atoms with E-state index in [-0.39, 0.29) is 11.8 Å². The fraction of sp³-hybridized carbons (Fsp3) is 0.400. The predicted molar refractivity (Wildman–Crippen MR) is 121 cm³/mol. The van der Waals surface area contributed by atoms with Gasteiger partial charge in [0.1, 0.15) is 0 Å². The lowest BCUT2D eigenvalue weighted by molar-refractivity contribution is -0.131. The van der Waals surface area contributed by atoms with Gasteiger partial charge in [-0.05, 0) is 67.5 Å². The summed E-state index contributed by atoms with van der Waals surface area (Å²) in [7, 11) is 0. The zero-order valence-corrected chi connectivity index (χ0v) is 17.9. The number of benzene rings is 2. The van der Waals surface area contributed by atoms with Gasteiger partial charge in [0.15, 0.2) is 0 Å². The van der Waals surface area contributed by atoms with Crippen LogP contribution in [0.1, 0.15) is 36.5 Å². The summed E-state index contributed by atoms with van der Waals surface area (Å²) in [5.74, 6) is 1.02. The maximum atomic E-state index is 13.1. The molecule has 1 saturated carbocycles. The molecule has 2 aromatic carbocycles. The number of hydrogen-bond acceptors (Lipinski definition) is 3. The standard InChI is InChI=1S/C25H28N4O2/c1-2-28(14-17-11-12-29(15-17)25(31)20-7-8-20)24(30)19-5-3-18(4-6-19)21-9-10-22-23(13-21)27-16-26-22/h3-6,9-10,13,16-17,20H,2,7-8,11-12,14-15H2,1H3,(H,26,27). The third-order valence-corrected chi connectivity index (χ3v) is 6.56. The Kier molecular flexibility index (Phi) is 5.22. The number of aromatic nitrogens is 2. The van der Waals surface area contributed by atoms with Crippen molar-refractivity contribution in [3.8, 4) is 11.1 Å². The van der Waals surface area contributed by atoms with Crippen LogP contribution in [0.2, 0.25) is 0 Å². The van der Waals surface area contributed by atoms with Crippen LogP contribution in [0.4, 0.5) is 0 Å². The Labute approximate surface area is 182 Å². The fourth-order valence-corrected chi connectivity index (χ4v) is 4.54. The monoisotopic (exact) mass is 416 g/mol. The van der Waals surface area contributed by atoms with Crippen LogP contribution in [0.15, 0.2) is 48.8 Å². The van der Waals surface area contributed by atoms with E-state index in [1.54, 1.807) is 6.33 Å². The van der Waals surface area contributed by atoms with Gasteiger partial charge in [0, 0.05) is 37.7 Å². The number of amides is 2. The lowest BCUT2D eigenvalue weighted by Gasteiger charge is -2.25.